The van der Waals surface area contributed by atoms with E-state index in [1.807, 2.05) is 0 Å². The van der Waals surface area contributed by atoms with Gasteiger partial charge in [-0.1, -0.05) is 30.3 Å². The fraction of sp³-hybridized carbons (Fsp3) is 0.333. The smallest absolute Gasteiger partial charge is 0.428 e. The lowest BCUT2D eigenvalue weighted by molar-refractivity contribution is -0.264. The lowest BCUT2D eigenvalue weighted by Crippen LogP contribution is -2.51. The fourth-order valence-electron chi connectivity index (χ4n) is 1.76. The largest absolute Gasteiger partial charge is 0.481 e. The zero-order valence-electron chi connectivity index (χ0n) is 9.90. The highest BCUT2D eigenvalue weighted by molar-refractivity contribution is 6.00. The molecular formula is C12H11F3O4. The number of benzene rings is 1. The van der Waals surface area contributed by atoms with Crippen molar-refractivity contribution in [2.45, 2.75) is 18.2 Å². The van der Waals surface area contributed by atoms with Crippen LogP contribution in [0.3, 0.4) is 0 Å². The summed E-state index contributed by atoms with van der Waals surface area (Å²) >= 11 is 0. The molecule has 0 bridgehead atoms. The van der Waals surface area contributed by atoms with Gasteiger partial charge in [0, 0.05) is 12.7 Å². The van der Waals surface area contributed by atoms with E-state index in [2.05, 4.69) is 4.74 Å². The second kappa shape index (κ2) is 5.40. The van der Waals surface area contributed by atoms with E-state index in [1.165, 1.54) is 18.2 Å². The molecule has 7 heteroatoms. The first-order chi connectivity index (χ1) is 8.75. The van der Waals surface area contributed by atoms with Gasteiger partial charge in [0.2, 0.25) is 5.60 Å². The molecule has 1 rings (SSSR count). The summed E-state index contributed by atoms with van der Waals surface area (Å²) < 4.78 is 44.1. The van der Waals surface area contributed by atoms with Crippen molar-refractivity contribution in [1.29, 1.82) is 0 Å². The first-order valence-corrected chi connectivity index (χ1v) is 5.18. The number of hydrogen-bond acceptors (Lipinski definition) is 3. The quantitative estimate of drug-likeness (QED) is 0.837. The van der Waals surface area contributed by atoms with E-state index >= 15 is 0 Å². The van der Waals surface area contributed by atoms with Crippen LogP contribution in [0.1, 0.15) is 12.0 Å². The van der Waals surface area contributed by atoms with Crippen LogP contribution in [0.25, 0.3) is 0 Å². The average Bonchev–Trinajstić information content (AvgIpc) is 2.29. The van der Waals surface area contributed by atoms with Gasteiger partial charge in [-0.05, 0) is 0 Å². The van der Waals surface area contributed by atoms with Crippen molar-refractivity contribution < 1.29 is 32.6 Å². The summed E-state index contributed by atoms with van der Waals surface area (Å²) in [4.78, 5) is 22.2. The molecule has 1 atom stereocenters. The zero-order valence-corrected chi connectivity index (χ0v) is 9.90. The molecule has 0 radical (unpaired) electrons. The zero-order chi connectivity index (χ0) is 14.7. The second-order valence-corrected chi connectivity index (χ2v) is 3.74. The number of carbonyl (C=O) groups excluding carboxylic acids is 1. The molecule has 0 saturated heterocycles. The van der Waals surface area contributed by atoms with Crippen LogP contribution in [0.15, 0.2) is 30.3 Å². The van der Waals surface area contributed by atoms with Gasteiger partial charge < -0.3 is 9.84 Å². The van der Waals surface area contributed by atoms with Crippen LogP contribution in [0.4, 0.5) is 13.2 Å². The fourth-order valence-corrected chi connectivity index (χ4v) is 1.76. The normalized spacial score (nSPS) is 14.7. The number of aliphatic carboxylic acids is 1. The molecule has 0 aromatic heterocycles. The maximum Gasteiger partial charge on any atom is 0.428 e. The number of carboxylic acid groups (broad SMARTS) is 1. The van der Waals surface area contributed by atoms with Gasteiger partial charge >= 0.3 is 12.1 Å². The number of Topliss-reactive ketones (excluding diaryl/α,β-unsaturated/α-hetero) is 1. The number of methoxy groups -OCH3 is 1. The molecule has 1 aromatic carbocycles. The van der Waals surface area contributed by atoms with Gasteiger partial charge in [0.15, 0.2) is 5.78 Å². The highest BCUT2D eigenvalue weighted by Gasteiger charge is 2.62. The van der Waals surface area contributed by atoms with Crippen LogP contribution in [0.2, 0.25) is 0 Å². The third kappa shape index (κ3) is 2.76. The number of alkyl halides is 3. The molecule has 1 aromatic rings. The lowest BCUT2D eigenvalue weighted by Gasteiger charge is -2.32. The van der Waals surface area contributed by atoms with Gasteiger partial charge in [0.1, 0.15) is 6.42 Å². The van der Waals surface area contributed by atoms with Gasteiger partial charge in [0.05, 0.1) is 0 Å². The molecule has 1 N–H and O–H groups in total. The highest BCUT2D eigenvalue weighted by atomic mass is 19.4. The minimum absolute atomic E-state index is 0.448. The third-order valence-corrected chi connectivity index (χ3v) is 2.59. The topological polar surface area (TPSA) is 63.6 Å². The van der Waals surface area contributed by atoms with E-state index in [0.29, 0.717) is 0 Å². The molecule has 0 spiro atoms. The Hall–Kier alpha value is -1.89. The van der Waals surface area contributed by atoms with Crippen molar-refractivity contribution >= 4 is 11.8 Å². The van der Waals surface area contributed by atoms with Crippen molar-refractivity contribution in [3.05, 3.63) is 35.9 Å². The first-order valence-electron chi connectivity index (χ1n) is 5.18. The Balaban J connectivity index is 3.40. The third-order valence-electron chi connectivity index (χ3n) is 2.59. The van der Waals surface area contributed by atoms with Crippen LogP contribution in [-0.4, -0.2) is 30.1 Å². The predicted octanol–water partition coefficient (Wildman–Crippen LogP) is 2.13. The van der Waals surface area contributed by atoms with Crippen LogP contribution < -0.4 is 0 Å². The van der Waals surface area contributed by atoms with Gasteiger partial charge in [-0.25, -0.2) is 0 Å². The number of ketones is 1. The van der Waals surface area contributed by atoms with E-state index in [-0.39, 0.29) is 0 Å². The van der Waals surface area contributed by atoms with Gasteiger partial charge in [-0.15, -0.1) is 0 Å². The van der Waals surface area contributed by atoms with Crippen LogP contribution in [0, 0.1) is 0 Å². The molecule has 0 fully saturated rings. The van der Waals surface area contributed by atoms with Crippen LogP contribution in [-0.2, 0) is 19.9 Å². The molecular weight excluding hydrogens is 265 g/mol. The molecule has 104 valence electrons. The molecule has 0 amide bonds. The Morgan fingerprint density at radius 3 is 2.11 bits per heavy atom. The van der Waals surface area contributed by atoms with Crippen molar-refractivity contribution in [3.63, 3.8) is 0 Å². The molecule has 0 aliphatic heterocycles. The van der Waals surface area contributed by atoms with Crippen LogP contribution >= 0.6 is 0 Å². The Kier molecular flexibility index (Phi) is 4.31. The monoisotopic (exact) mass is 276 g/mol. The van der Waals surface area contributed by atoms with E-state index < -0.39 is 35.5 Å². The molecule has 4 nitrogen and oxygen atoms in total. The minimum Gasteiger partial charge on any atom is -0.481 e. The summed E-state index contributed by atoms with van der Waals surface area (Å²) in [5.74, 6) is -3.21. The molecule has 0 aliphatic carbocycles. The van der Waals surface area contributed by atoms with E-state index in [1.54, 1.807) is 0 Å². The maximum atomic E-state index is 13.2. The van der Waals surface area contributed by atoms with Crippen molar-refractivity contribution in [1.82, 2.24) is 0 Å². The van der Waals surface area contributed by atoms with E-state index in [9.17, 15) is 22.8 Å². The van der Waals surface area contributed by atoms with E-state index in [4.69, 9.17) is 5.11 Å². The summed E-state index contributed by atoms with van der Waals surface area (Å²) in [5.41, 5.74) is -3.71. The van der Waals surface area contributed by atoms with Crippen molar-refractivity contribution in [2.24, 2.45) is 0 Å². The van der Waals surface area contributed by atoms with Gasteiger partial charge in [0.25, 0.3) is 0 Å². The predicted molar refractivity (Wildman–Crippen MR) is 58.4 cm³/mol. The Labute approximate surface area is 106 Å². The summed E-state index contributed by atoms with van der Waals surface area (Å²) in [6, 6.07) is 6.22. The Morgan fingerprint density at radius 2 is 1.74 bits per heavy atom. The van der Waals surface area contributed by atoms with Crippen LogP contribution in [0.5, 0.6) is 0 Å². The summed E-state index contributed by atoms with van der Waals surface area (Å²) in [5, 5.41) is 8.51. The standard InChI is InChI=1S/C12H11F3O4/c1-19-11(12(13,14)15,9(16)7-10(17)18)8-5-3-2-4-6-8/h2-6H,7H2,1H3,(H,17,18)/t11-/m0/s1. The lowest BCUT2D eigenvalue weighted by atomic mass is 9.87. The number of carboxylic acids is 1. The maximum absolute atomic E-state index is 13.2. The number of rotatable bonds is 5. The van der Waals surface area contributed by atoms with E-state index in [0.717, 1.165) is 19.2 Å². The molecule has 0 saturated carbocycles. The number of ether oxygens (including phenoxy) is 1. The summed E-state index contributed by atoms with van der Waals surface area (Å²) in [7, 11) is 0.722. The Morgan fingerprint density at radius 1 is 1.21 bits per heavy atom. The average molecular weight is 276 g/mol. The summed E-state index contributed by atoms with van der Waals surface area (Å²) in [6.07, 6.45) is -6.34. The summed E-state index contributed by atoms with van der Waals surface area (Å²) in [6.45, 7) is 0. The molecule has 19 heavy (non-hydrogen) atoms. The number of carbonyl (C=O) groups is 2. The van der Waals surface area contributed by atoms with Gasteiger partial charge in [-0.2, -0.15) is 13.2 Å². The second-order valence-electron chi connectivity index (χ2n) is 3.74. The number of halogens is 3. The minimum atomic E-state index is -5.06. The Bertz CT molecular complexity index is 470. The highest BCUT2D eigenvalue weighted by Crippen LogP contribution is 2.43. The van der Waals surface area contributed by atoms with Crippen molar-refractivity contribution in [2.75, 3.05) is 7.11 Å². The number of hydrogen-bond donors (Lipinski definition) is 1. The SMILES string of the molecule is CO[C@](C(=O)CC(=O)O)(c1ccccc1)C(F)(F)F. The first kappa shape index (κ1) is 15.2. The molecule has 0 aliphatic rings. The molecule has 0 heterocycles. The molecule has 0 unspecified atom stereocenters. The van der Waals surface area contributed by atoms with Crippen molar-refractivity contribution in [3.8, 4) is 0 Å². The van der Waals surface area contributed by atoms with Gasteiger partial charge in [-0.3, -0.25) is 9.59 Å².